The van der Waals surface area contributed by atoms with Gasteiger partial charge < -0.3 is 10.4 Å². The van der Waals surface area contributed by atoms with Crippen LogP contribution in [0.2, 0.25) is 0 Å². The first-order valence-electron chi connectivity index (χ1n) is 6.41. The molecule has 100 valence electrons. The number of aliphatic hydroxyl groups is 1. The third-order valence-electron chi connectivity index (χ3n) is 3.11. The van der Waals surface area contributed by atoms with E-state index in [4.69, 9.17) is 5.11 Å². The SMILES string of the molecule is CC(Nc1ccc(CCO)cc1)c1ccc(I)cc1. The highest BCUT2D eigenvalue weighted by molar-refractivity contribution is 14.1. The summed E-state index contributed by atoms with van der Waals surface area (Å²) < 4.78 is 1.25. The smallest absolute Gasteiger partial charge is 0.0485 e. The maximum atomic E-state index is 8.89. The van der Waals surface area contributed by atoms with Crippen molar-refractivity contribution in [2.45, 2.75) is 19.4 Å². The van der Waals surface area contributed by atoms with Gasteiger partial charge in [0, 0.05) is 21.9 Å². The van der Waals surface area contributed by atoms with E-state index >= 15 is 0 Å². The van der Waals surface area contributed by atoms with Gasteiger partial charge in [-0.05, 0) is 71.3 Å². The molecule has 2 aromatic rings. The van der Waals surface area contributed by atoms with Crippen LogP contribution in [0.3, 0.4) is 0 Å². The third kappa shape index (κ3) is 4.21. The minimum absolute atomic E-state index is 0.200. The molecule has 0 aliphatic heterocycles. The van der Waals surface area contributed by atoms with Crippen LogP contribution in [0.1, 0.15) is 24.1 Å². The molecule has 0 radical (unpaired) electrons. The Morgan fingerprint density at radius 2 is 1.68 bits per heavy atom. The highest BCUT2D eigenvalue weighted by Gasteiger charge is 2.04. The molecule has 2 aromatic carbocycles. The van der Waals surface area contributed by atoms with Crippen molar-refractivity contribution in [3.63, 3.8) is 0 Å². The molecule has 0 saturated heterocycles. The predicted molar refractivity (Wildman–Crippen MR) is 88.4 cm³/mol. The minimum Gasteiger partial charge on any atom is -0.396 e. The van der Waals surface area contributed by atoms with Crippen LogP contribution in [0.5, 0.6) is 0 Å². The monoisotopic (exact) mass is 367 g/mol. The molecule has 0 saturated carbocycles. The Balaban J connectivity index is 2.01. The van der Waals surface area contributed by atoms with Crippen molar-refractivity contribution in [2.24, 2.45) is 0 Å². The summed E-state index contributed by atoms with van der Waals surface area (Å²) in [6.45, 7) is 2.36. The topological polar surface area (TPSA) is 32.3 Å². The van der Waals surface area contributed by atoms with Gasteiger partial charge >= 0.3 is 0 Å². The van der Waals surface area contributed by atoms with Crippen LogP contribution in [0.15, 0.2) is 48.5 Å². The van der Waals surface area contributed by atoms with Crippen molar-refractivity contribution in [1.82, 2.24) is 0 Å². The zero-order chi connectivity index (χ0) is 13.7. The van der Waals surface area contributed by atoms with Crippen molar-refractivity contribution in [2.75, 3.05) is 11.9 Å². The third-order valence-corrected chi connectivity index (χ3v) is 3.83. The van der Waals surface area contributed by atoms with Crippen molar-refractivity contribution < 1.29 is 5.11 Å². The molecule has 0 fully saturated rings. The second-order valence-electron chi connectivity index (χ2n) is 4.59. The van der Waals surface area contributed by atoms with Crippen molar-refractivity contribution in [1.29, 1.82) is 0 Å². The number of nitrogens with one attached hydrogen (secondary N) is 1. The molecule has 2 rings (SSSR count). The summed E-state index contributed by atoms with van der Waals surface area (Å²) in [6.07, 6.45) is 0.715. The van der Waals surface area contributed by atoms with Gasteiger partial charge in [-0.15, -0.1) is 0 Å². The lowest BCUT2D eigenvalue weighted by molar-refractivity contribution is 0.299. The molecular formula is C16H18INO. The maximum absolute atomic E-state index is 8.89. The van der Waals surface area contributed by atoms with Crippen LogP contribution in [-0.4, -0.2) is 11.7 Å². The zero-order valence-electron chi connectivity index (χ0n) is 10.9. The number of aliphatic hydroxyl groups excluding tert-OH is 1. The molecule has 0 aliphatic rings. The summed E-state index contributed by atoms with van der Waals surface area (Å²) in [7, 11) is 0. The molecule has 0 bridgehead atoms. The summed E-state index contributed by atoms with van der Waals surface area (Å²) in [5.41, 5.74) is 3.54. The predicted octanol–water partition coefficient (Wildman–Crippen LogP) is 4.00. The number of benzene rings is 2. The molecule has 0 spiro atoms. The lowest BCUT2D eigenvalue weighted by atomic mass is 10.1. The van der Waals surface area contributed by atoms with Crippen LogP contribution >= 0.6 is 22.6 Å². The standard InChI is InChI=1S/C16H18INO/c1-12(14-4-6-15(17)7-5-14)18-16-8-2-13(3-9-16)10-11-19/h2-9,12,18-19H,10-11H2,1H3. The van der Waals surface area contributed by atoms with Crippen molar-refractivity contribution in [3.05, 3.63) is 63.2 Å². The van der Waals surface area contributed by atoms with Gasteiger partial charge in [-0.2, -0.15) is 0 Å². The molecule has 0 aromatic heterocycles. The van der Waals surface area contributed by atoms with Crippen LogP contribution in [0.25, 0.3) is 0 Å². The summed E-state index contributed by atoms with van der Waals surface area (Å²) >= 11 is 2.31. The van der Waals surface area contributed by atoms with E-state index in [2.05, 4.69) is 83.4 Å². The van der Waals surface area contributed by atoms with Crippen LogP contribution in [-0.2, 0) is 6.42 Å². The number of halogens is 1. The average Bonchev–Trinajstić information content (AvgIpc) is 2.42. The van der Waals surface area contributed by atoms with Gasteiger partial charge in [0.25, 0.3) is 0 Å². The first-order valence-corrected chi connectivity index (χ1v) is 7.48. The lowest BCUT2D eigenvalue weighted by Gasteiger charge is -2.16. The first-order chi connectivity index (χ1) is 9.19. The first kappa shape index (κ1) is 14.3. The van der Waals surface area contributed by atoms with E-state index in [0.29, 0.717) is 6.42 Å². The normalized spacial score (nSPS) is 12.2. The van der Waals surface area contributed by atoms with E-state index in [9.17, 15) is 0 Å². The van der Waals surface area contributed by atoms with Crippen molar-refractivity contribution in [3.8, 4) is 0 Å². The summed E-state index contributed by atoms with van der Waals surface area (Å²) in [6, 6.07) is 17.1. The Kier molecular flexibility index (Phi) is 5.22. The molecule has 1 atom stereocenters. The van der Waals surface area contributed by atoms with Crippen molar-refractivity contribution >= 4 is 28.3 Å². The Bertz CT molecular complexity index is 507. The molecule has 3 heteroatoms. The van der Waals surface area contributed by atoms with Gasteiger partial charge in [-0.1, -0.05) is 24.3 Å². The second kappa shape index (κ2) is 6.91. The Morgan fingerprint density at radius 3 is 2.26 bits per heavy atom. The molecule has 0 amide bonds. The Morgan fingerprint density at radius 1 is 1.05 bits per heavy atom. The largest absolute Gasteiger partial charge is 0.396 e. The van der Waals surface area contributed by atoms with Crippen LogP contribution in [0.4, 0.5) is 5.69 Å². The van der Waals surface area contributed by atoms with Gasteiger partial charge in [0.1, 0.15) is 0 Å². The second-order valence-corrected chi connectivity index (χ2v) is 5.83. The fraction of sp³-hybridized carbons (Fsp3) is 0.250. The van der Waals surface area contributed by atoms with Gasteiger partial charge in [-0.25, -0.2) is 0 Å². The summed E-state index contributed by atoms with van der Waals surface area (Å²) in [4.78, 5) is 0. The number of anilines is 1. The van der Waals surface area contributed by atoms with E-state index in [-0.39, 0.29) is 12.6 Å². The van der Waals surface area contributed by atoms with E-state index in [1.54, 1.807) is 0 Å². The highest BCUT2D eigenvalue weighted by Crippen LogP contribution is 2.20. The Labute approximate surface area is 128 Å². The summed E-state index contributed by atoms with van der Waals surface area (Å²) in [5.74, 6) is 0. The highest BCUT2D eigenvalue weighted by atomic mass is 127. The molecule has 2 nitrogen and oxygen atoms in total. The van der Waals surface area contributed by atoms with E-state index in [1.807, 2.05) is 0 Å². The zero-order valence-corrected chi connectivity index (χ0v) is 13.1. The molecule has 1 unspecified atom stereocenters. The lowest BCUT2D eigenvalue weighted by Crippen LogP contribution is -2.06. The number of hydrogen-bond donors (Lipinski definition) is 2. The van der Waals surface area contributed by atoms with Gasteiger partial charge in [0.15, 0.2) is 0 Å². The van der Waals surface area contributed by atoms with E-state index < -0.39 is 0 Å². The van der Waals surface area contributed by atoms with Gasteiger partial charge in [0.05, 0.1) is 0 Å². The fourth-order valence-corrected chi connectivity index (χ4v) is 2.34. The summed E-state index contributed by atoms with van der Waals surface area (Å²) in [5, 5.41) is 12.4. The van der Waals surface area contributed by atoms with E-state index in [0.717, 1.165) is 11.3 Å². The van der Waals surface area contributed by atoms with Crippen LogP contribution in [0, 0.1) is 3.57 Å². The quantitative estimate of drug-likeness (QED) is 0.783. The minimum atomic E-state index is 0.200. The van der Waals surface area contributed by atoms with E-state index in [1.165, 1.54) is 9.13 Å². The molecule has 0 heterocycles. The van der Waals surface area contributed by atoms with Gasteiger partial charge in [-0.3, -0.25) is 0 Å². The fourth-order valence-electron chi connectivity index (χ4n) is 1.98. The maximum Gasteiger partial charge on any atom is 0.0485 e. The molecule has 2 N–H and O–H groups in total. The molecular weight excluding hydrogens is 349 g/mol. The molecule has 19 heavy (non-hydrogen) atoms. The molecule has 0 aliphatic carbocycles. The van der Waals surface area contributed by atoms with Gasteiger partial charge in [0.2, 0.25) is 0 Å². The number of hydrogen-bond acceptors (Lipinski definition) is 2. The average molecular weight is 367 g/mol. The van der Waals surface area contributed by atoms with Crippen LogP contribution < -0.4 is 5.32 Å². The Hall–Kier alpha value is -1.07. The number of rotatable bonds is 5.